The summed E-state index contributed by atoms with van der Waals surface area (Å²) in [5, 5.41) is 9.17. The molecular weight excluding hydrogens is 424 g/mol. The van der Waals surface area contributed by atoms with Crippen LogP contribution in [-0.4, -0.2) is 71.7 Å². The van der Waals surface area contributed by atoms with Crippen molar-refractivity contribution >= 4 is 29.5 Å². The average Bonchev–Trinajstić information content (AvgIpc) is 3.30. The minimum Gasteiger partial charge on any atom is -0.461 e. The maximum absolute atomic E-state index is 12.6. The van der Waals surface area contributed by atoms with Crippen LogP contribution in [0.2, 0.25) is 0 Å². The summed E-state index contributed by atoms with van der Waals surface area (Å²) in [5.74, 6) is -3.64. The molecule has 0 amide bonds. The first-order chi connectivity index (χ1) is 15.0. The fourth-order valence-corrected chi connectivity index (χ4v) is 3.88. The molecule has 0 aromatic rings. The number of hydrogen-bond acceptors (Lipinski definition) is 10. The number of hydrogen-bond donors (Lipinski definition) is 1. The van der Waals surface area contributed by atoms with Gasteiger partial charge in [0.1, 0.15) is 24.6 Å². The summed E-state index contributed by atoms with van der Waals surface area (Å²) in [5.41, 5.74) is -0.770. The molecular formula is C22H26O10. The molecule has 32 heavy (non-hydrogen) atoms. The Balaban J connectivity index is 2.06. The van der Waals surface area contributed by atoms with Gasteiger partial charge in [-0.25, -0.2) is 9.59 Å². The van der Waals surface area contributed by atoms with Crippen LogP contribution in [0.1, 0.15) is 40.5 Å². The van der Waals surface area contributed by atoms with E-state index >= 15 is 0 Å². The second kappa shape index (κ2) is 8.95. The lowest BCUT2D eigenvalue weighted by atomic mass is 9.82. The average molecular weight is 450 g/mol. The third-order valence-electron chi connectivity index (χ3n) is 5.91. The number of aliphatic hydroxyl groups is 1. The lowest BCUT2D eigenvalue weighted by Gasteiger charge is -2.26. The van der Waals surface area contributed by atoms with Crippen molar-refractivity contribution in [3.63, 3.8) is 0 Å². The Bertz CT molecular complexity index is 929. The normalized spacial score (nSPS) is 32.7. The molecule has 3 aliphatic rings. The van der Waals surface area contributed by atoms with E-state index in [2.05, 4.69) is 0 Å². The molecule has 2 fully saturated rings. The van der Waals surface area contributed by atoms with Crippen LogP contribution in [-0.2, 0) is 42.9 Å². The minimum absolute atomic E-state index is 0.0145. The van der Waals surface area contributed by atoms with E-state index < -0.39 is 60.1 Å². The molecule has 0 aromatic heterocycles. The van der Waals surface area contributed by atoms with Gasteiger partial charge >= 0.3 is 17.9 Å². The van der Waals surface area contributed by atoms with Gasteiger partial charge in [-0.15, -0.1) is 0 Å². The number of ketones is 2. The largest absolute Gasteiger partial charge is 0.461 e. The zero-order valence-corrected chi connectivity index (χ0v) is 18.3. The Morgan fingerprint density at radius 3 is 2.56 bits per heavy atom. The zero-order chi connectivity index (χ0) is 23.8. The Morgan fingerprint density at radius 2 is 1.94 bits per heavy atom. The Morgan fingerprint density at radius 1 is 1.25 bits per heavy atom. The molecule has 0 aromatic carbocycles. The number of aliphatic hydroxyl groups excluding tert-OH is 1. The number of rotatable bonds is 5. The SMILES string of the molecule is CC(=O)OCC1=C2[C@@H](OC(=O)/C=C(/C)CO)C[C@H](C)C(=O)CC(=O)[C@@]3(C)O[C@@H]3[C@H]2OC1=O. The maximum Gasteiger partial charge on any atom is 0.338 e. The number of Topliss-reactive ketones (excluding diaryl/α,β-unsaturated/α-hetero) is 2. The summed E-state index contributed by atoms with van der Waals surface area (Å²) >= 11 is 0. The van der Waals surface area contributed by atoms with Gasteiger partial charge < -0.3 is 24.1 Å². The van der Waals surface area contributed by atoms with Gasteiger partial charge in [-0.2, -0.15) is 0 Å². The number of fused-ring (bicyclic) bond motifs is 3. The molecule has 10 heteroatoms. The van der Waals surface area contributed by atoms with E-state index in [9.17, 15) is 24.0 Å². The monoisotopic (exact) mass is 450 g/mol. The molecule has 0 unspecified atom stereocenters. The topological polar surface area (TPSA) is 146 Å². The first-order valence-electron chi connectivity index (χ1n) is 10.3. The molecule has 0 spiro atoms. The van der Waals surface area contributed by atoms with Gasteiger partial charge in [0.25, 0.3) is 0 Å². The zero-order valence-electron chi connectivity index (χ0n) is 18.3. The van der Waals surface area contributed by atoms with Crippen molar-refractivity contribution in [1.29, 1.82) is 0 Å². The molecule has 1 aliphatic carbocycles. The van der Waals surface area contributed by atoms with Crippen LogP contribution in [0.3, 0.4) is 0 Å². The summed E-state index contributed by atoms with van der Waals surface area (Å²) in [6.07, 6.45) is -2.24. The van der Waals surface area contributed by atoms with Crippen LogP contribution in [0, 0.1) is 5.92 Å². The van der Waals surface area contributed by atoms with E-state index in [1.807, 2.05) is 0 Å². The van der Waals surface area contributed by atoms with Crippen LogP contribution in [0.5, 0.6) is 0 Å². The number of esters is 3. The van der Waals surface area contributed by atoms with Crippen LogP contribution >= 0.6 is 0 Å². The maximum atomic E-state index is 12.6. The quantitative estimate of drug-likeness (QED) is 0.205. The van der Waals surface area contributed by atoms with Gasteiger partial charge in [-0.1, -0.05) is 6.92 Å². The second-order valence-corrected chi connectivity index (χ2v) is 8.46. The molecule has 0 bridgehead atoms. The highest BCUT2D eigenvalue weighted by Crippen LogP contribution is 2.48. The van der Waals surface area contributed by atoms with E-state index in [4.69, 9.17) is 24.1 Å². The molecule has 2 heterocycles. The van der Waals surface area contributed by atoms with Crippen LogP contribution in [0.4, 0.5) is 0 Å². The van der Waals surface area contributed by atoms with E-state index in [1.165, 1.54) is 20.8 Å². The van der Waals surface area contributed by atoms with Crippen molar-refractivity contribution in [2.45, 2.75) is 64.4 Å². The van der Waals surface area contributed by atoms with Gasteiger partial charge in [0.2, 0.25) is 0 Å². The van der Waals surface area contributed by atoms with Crippen molar-refractivity contribution in [1.82, 2.24) is 0 Å². The molecule has 0 radical (unpaired) electrons. The molecule has 1 N–H and O–H groups in total. The standard InChI is InChI=1S/C22H26O10/c1-10(8-23)5-17(27)30-15-6-11(2)14(25)7-16(26)22(4)20(32-22)19-18(15)13(21(28)31-19)9-29-12(3)24/h5,11,15,19-20,23H,6-9H2,1-4H3/b10-5-/t11-,15-,19-,20+,22+/m0/s1. The molecule has 1 saturated heterocycles. The van der Waals surface area contributed by atoms with Crippen molar-refractivity contribution in [2.75, 3.05) is 13.2 Å². The highest BCUT2D eigenvalue weighted by molar-refractivity contribution is 6.05. The number of ether oxygens (including phenoxy) is 4. The molecule has 1 saturated carbocycles. The lowest BCUT2D eigenvalue weighted by Crippen LogP contribution is -2.39. The summed E-state index contributed by atoms with van der Waals surface area (Å²) in [4.78, 5) is 61.7. The van der Waals surface area contributed by atoms with Gasteiger partial charge in [0.05, 0.1) is 18.6 Å². The fourth-order valence-electron chi connectivity index (χ4n) is 3.88. The molecule has 3 rings (SSSR count). The third-order valence-corrected chi connectivity index (χ3v) is 5.91. The fraction of sp³-hybridized carbons (Fsp3) is 0.591. The number of epoxide rings is 1. The Kier molecular flexibility index (Phi) is 6.66. The van der Waals surface area contributed by atoms with Gasteiger partial charge in [-0.05, 0) is 25.8 Å². The lowest BCUT2D eigenvalue weighted by molar-refractivity contribution is -0.145. The van der Waals surface area contributed by atoms with Crippen molar-refractivity contribution in [3.05, 3.63) is 22.8 Å². The third kappa shape index (κ3) is 4.66. The van der Waals surface area contributed by atoms with Gasteiger partial charge in [0.15, 0.2) is 17.5 Å². The van der Waals surface area contributed by atoms with E-state index in [1.54, 1.807) is 6.92 Å². The molecule has 10 nitrogen and oxygen atoms in total. The number of carbonyl (C=O) groups excluding carboxylic acids is 5. The molecule has 5 atom stereocenters. The van der Waals surface area contributed by atoms with Gasteiger partial charge in [-0.3, -0.25) is 14.4 Å². The summed E-state index contributed by atoms with van der Waals surface area (Å²) in [7, 11) is 0. The first kappa shape index (κ1) is 23.8. The predicted molar refractivity (Wildman–Crippen MR) is 106 cm³/mol. The number of carbonyl (C=O) groups is 5. The van der Waals surface area contributed by atoms with E-state index in [0.29, 0.717) is 5.57 Å². The van der Waals surface area contributed by atoms with E-state index in [-0.39, 0.29) is 36.4 Å². The van der Waals surface area contributed by atoms with Crippen LogP contribution < -0.4 is 0 Å². The molecule has 2 aliphatic heterocycles. The summed E-state index contributed by atoms with van der Waals surface area (Å²) in [6.45, 7) is 5.06. The van der Waals surface area contributed by atoms with Crippen molar-refractivity contribution in [2.24, 2.45) is 5.92 Å². The molecule has 174 valence electrons. The second-order valence-electron chi connectivity index (χ2n) is 8.46. The highest BCUT2D eigenvalue weighted by Gasteiger charge is 2.66. The Labute approximate surface area is 184 Å². The van der Waals surface area contributed by atoms with Crippen molar-refractivity contribution in [3.8, 4) is 0 Å². The summed E-state index contributed by atoms with van der Waals surface area (Å²) in [6, 6.07) is 0. The first-order valence-corrected chi connectivity index (χ1v) is 10.3. The predicted octanol–water partition coefficient (Wildman–Crippen LogP) is 0.348. The van der Waals surface area contributed by atoms with Crippen LogP contribution in [0.25, 0.3) is 0 Å². The Hall–Kier alpha value is -2.85. The highest BCUT2D eigenvalue weighted by atomic mass is 16.7. The van der Waals surface area contributed by atoms with E-state index in [0.717, 1.165) is 6.08 Å². The van der Waals surface area contributed by atoms with Crippen LogP contribution in [0.15, 0.2) is 22.8 Å². The minimum atomic E-state index is -1.32. The van der Waals surface area contributed by atoms with Gasteiger partial charge in [0, 0.05) is 24.5 Å². The summed E-state index contributed by atoms with van der Waals surface area (Å²) < 4.78 is 21.7. The smallest absolute Gasteiger partial charge is 0.338 e. The van der Waals surface area contributed by atoms with Crippen molar-refractivity contribution < 1.29 is 48.0 Å².